The second kappa shape index (κ2) is 3.81. The van der Waals surface area contributed by atoms with Crippen molar-refractivity contribution in [2.24, 2.45) is 0 Å². The summed E-state index contributed by atoms with van der Waals surface area (Å²) in [6.45, 7) is 7.00. The first kappa shape index (κ1) is 11.0. The average Bonchev–Trinajstić information content (AvgIpc) is 2.22. The van der Waals surface area contributed by atoms with Crippen LogP contribution in [0.1, 0.15) is 42.6 Å². The molecule has 1 aliphatic heterocycles. The van der Waals surface area contributed by atoms with Crippen LogP contribution in [0, 0.1) is 0 Å². The van der Waals surface area contributed by atoms with E-state index >= 15 is 0 Å². The predicted molar refractivity (Wildman–Crippen MR) is 65.4 cm³/mol. The van der Waals surface area contributed by atoms with Gasteiger partial charge in [0.15, 0.2) is 0 Å². The lowest BCUT2D eigenvalue weighted by atomic mass is 9.89. The number of nitrogen functional groups attached to an aromatic ring is 1. The molecule has 0 saturated heterocycles. The van der Waals surface area contributed by atoms with E-state index in [4.69, 9.17) is 5.73 Å². The Hall–Kier alpha value is -1.51. The number of benzene rings is 1. The van der Waals surface area contributed by atoms with Gasteiger partial charge in [0.05, 0.1) is 5.56 Å². The Morgan fingerprint density at radius 1 is 1.44 bits per heavy atom. The maximum Gasteiger partial charge on any atom is 0.256 e. The largest absolute Gasteiger partial charge is 0.398 e. The molecule has 3 heteroatoms. The van der Waals surface area contributed by atoms with Crippen molar-refractivity contribution < 1.29 is 4.79 Å². The number of nitrogens with two attached hydrogens (primary N) is 1. The molecule has 1 heterocycles. The van der Waals surface area contributed by atoms with E-state index in [9.17, 15) is 4.79 Å². The Morgan fingerprint density at radius 3 is 2.75 bits per heavy atom. The number of hydrogen-bond acceptors (Lipinski definition) is 2. The smallest absolute Gasteiger partial charge is 0.256 e. The first-order valence-electron chi connectivity index (χ1n) is 5.71. The van der Waals surface area contributed by atoms with Gasteiger partial charge in [-0.25, -0.2) is 0 Å². The van der Waals surface area contributed by atoms with Gasteiger partial charge in [0.2, 0.25) is 0 Å². The second-order valence-corrected chi connectivity index (χ2v) is 4.76. The van der Waals surface area contributed by atoms with Gasteiger partial charge in [-0.05, 0) is 31.4 Å². The normalized spacial score (nSPS) is 20.1. The van der Waals surface area contributed by atoms with Crippen molar-refractivity contribution in [1.29, 1.82) is 0 Å². The number of anilines is 1. The van der Waals surface area contributed by atoms with Crippen LogP contribution in [0.4, 0.5) is 5.69 Å². The van der Waals surface area contributed by atoms with Crippen LogP contribution < -0.4 is 5.73 Å². The minimum Gasteiger partial charge on any atom is -0.398 e. The zero-order valence-corrected chi connectivity index (χ0v) is 10.0. The SMILES string of the molecule is CC1CN(C(C)C)C(=O)c2c(N)cccc21. The summed E-state index contributed by atoms with van der Waals surface area (Å²) in [6, 6.07) is 5.95. The summed E-state index contributed by atoms with van der Waals surface area (Å²) >= 11 is 0. The fraction of sp³-hybridized carbons (Fsp3) is 0.462. The molecule has 1 unspecified atom stereocenters. The number of amides is 1. The molecule has 0 saturated carbocycles. The van der Waals surface area contributed by atoms with Crippen LogP contribution in [0.15, 0.2) is 18.2 Å². The van der Waals surface area contributed by atoms with Crippen molar-refractivity contribution in [3.05, 3.63) is 29.3 Å². The highest BCUT2D eigenvalue weighted by Gasteiger charge is 2.31. The van der Waals surface area contributed by atoms with Gasteiger partial charge < -0.3 is 10.6 Å². The molecule has 0 spiro atoms. The lowest BCUT2D eigenvalue weighted by Gasteiger charge is -2.36. The van der Waals surface area contributed by atoms with Gasteiger partial charge in [0, 0.05) is 18.3 Å². The summed E-state index contributed by atoms with van der Waals surface area (Å²) in [5.74, 6) is 0.430. The number of hydrogen-bond donors (Lipinski definition) is 1. The van der Waals surface area contributed by atoms with Crippen LogP contribution in [0.25, 0.3) is 0 Å². The van der Waals surface area contributed by atoms with Crippen molar-refractivity contribution in [2.45, 2.75) is 32.7 Å². The van der Waals surface area contributed by atoms with E-state index < -0.39 is 0 Å². The Balaban J connectivity index is 2.53. The molecule has 0 aliphatic carbocycles. The number of fused-ring (bicyclic) bond motifs is 1. The number of rotatable bonds is 1. The lowest BCUT2D eigenvalue weighted by molar-refractivity contribution is 0.0672. The molecule has 3 nitrogen and oxygen atoms in total. The maximum absolute atomic E-state index is 12.3. The first-order valence-corrected chi connectivity index (χ1v) is 5.71. The van der Waals surface area contributed by atoms with E-state index in [-0.39, 0.29) is 11.9 Å². The van der Waals surface area contributed by atoms with E-state index in [1.807, 2.05) is 30.9 Å². The summed E-state index contributed by atoms with van der Waals surface area (Å²) in [6.07, 6.45) is 0. The standard InChI is InChI=1S/C13H18N2O/c1-8(2)15-7-9(3)10-5-4-6-11(14)12(10)13(15)16/h4-6,8-9H,7,14H2,1-3H3. The molecule has 86 valence electrons. The Morgan fingerprint density at radius 2 is 2.12 bits per heavy atom. The molecule has 1 atom stereocenters. The molecule has 0 bridgehead atoms. The van der Waals surface area contributed by atoms with Crippen molar-refractivity contribution >= 4 is 11.6 Å². The third kappa shape index (κ3) is 1.56. The maximum atomic E-state index is 12.3. The average molecular weight is 218 g/mol. The summed E-state index contributed by atoms with van der Waals surface area (Å²) in [7, 11) is 0. The third-order valence-corrected chi connectivity index (χ3v) is 3.23. The molecule has 1 aliphatic rings. The molecule has 1 aromatic rings. The van der Waals surface area contributed by atoms with E-state index in [1.165, 1.54) is 0 Å². The monoisotopic (exact) mass is 218 g/mol. The van der Waals surface area contributed by atoms with Crippen molar-refractivity contribution in [1.82, 2.24) is 4.90 Å². The van der Waals surface area contributed by atoms with Crippen LogP contribution in [0.5, 0.6) is 0 Å². The number of nitrogens with zero attached hydrogens (tertiary/aromatic N) is 1. The van der Waals surface area contributed by atoms with Crippen molar-refractivity contribution in [3.8, 4) is 0 Å². The zero-order valence-electron chi connectivity index (χ0n) is 10.0. The quantitative estimate of drug-likeness (QED) is 0.735. The molecule has 0 radical (unpaired) electrons. The van der Waals surface area contributed by atoms with Crippen LogP contribution in [-0.4, -0.2) is 23.4 Å². The highest BCUT2D eigenvalue weighted by atomic mass is 16.2. The Labute approximate surface area is 96.2 Å². The van der Waals surface area contributed by atoms with E-state index in [1.54, 1.807) is 6.07 Å². The van der Waals surface area contributed by atoms with E-state index in [0.717, 1.165) is 12.1 Å². The molecule has 2 rings (SSSR count). The highest BCUT2D eigenvalue weighted by molar-refractivity contribution is 6.02. The highest BCUT2D eigenvalue weighted by Crippen LogP contribution is 2.32. The number of carbonyl (C=O) groups excluding carboxylic acids is 1. The van der Waals surface area contributed by atoms with Crippen LogP contribution in [0.2, 0.25) is 0 Å². The van der Waals surface area contributed by atoms with Gasteiger partial charge >= 0.3 is 0 Å². The van der Waals surface area contributed by atoms with Gasteiger partial charge in [-0.15, -0.1) is 0 Å². The fourth-order valence-electron chi connectivity index (χ4n) is 2.31. The fourth-order valence-corrected chi connectivity index (χ4v) is 2.31. The van der Waals surface area contributed by atoms with Crippen LogP contribution >= 0.6 is 0 Å². The Kier molecular flexibility index (Phi) is 2.62. The summed E-state index contributed by atoms with van der Waals surface area (Å²) < 4.78 is 0. The summed E-state index contributed by atoms with van der Waals surface area (Å²) in [4.78, 5) is 14.2. The van der Waals surface area contributed by atoms with E-state index in [0.29, 0.717) is 17.2 Å². The molecular weight excluding hydrogens is 200 g/mol. The zero-order chi connectivity index (χ0) is 11.9. The van der Waals surface area contributed by atoms with Gasteiger partial charge in [0.1, 0.15) is 0 Å². The van der Waals surface area contributed by atoms with Gasteiger partial charge in [0.25, 0.3) is 5.91 Å². The molecule has 1 amide bonds. The van der Waals surface area contributed by atoms with Gasteiger partial charge in [-0.2, -0.15) is 0 Å². The minimum atomic E-state index is 0.0706. The number of carbonyl (C=O) groups is 1. The summed E-state index contributed by atoms with van der Waals surface area (Å²) in [5, 5.41) is 0. The van der Waals surface area contributed by atoms with Crippen molar-refractivity contribution in [3.63, 3.8) is 0 Å². The van der Waals surface area contributed by atoms with Crippen LogP contribution in [0.3, 0.4) is 0 Å². The summed E-state index contributed by atoms with van der Waals surface area (Å²) in [5.41, 5.74) is 8.29. The molecule has 16 heavy (non-hydrogen) atoms. The topological polar surface area (TPSA) is 46.3 Å². The molecule has 2 N–H and O–H groups in total. The lowest BCUT2D eigenvalue weighted by Crippen LogP contribution is -2.43. The molecule has 0 aromatic heterocycles. The van der Waals surface area contributed by atoms with Gasteiger partial charge in [-0.3, -0.25) is 4.79 Å². The van der Waals surface area contributed by atoms with Crippen LogP contribution in [-0.2, 0) is 0 Å². The molecule has 1 aromatic carbocycles. The second-order valence-electron chi connectivity index (χ2n) is 4.76. The minimum absolute atomic E-state index is 0.0706. The van der Waals surface area contributed by atoms with E-state index in [2.05, 4.69) is 6.92 Å². The Bertz CT molecular complexity index is 426. The van der Waals surface area contributed by atoms with Gasteiger partial charge in [-0.1, -0.05) is 19.1 Å². The first-order chi connectivity index (χ1) is 7.52. The third-order valence-electron chi connectivity index (χ3n) is 3.23. The predicted octanol–water partition coefficient (Wildman–Crippen LogP) is 2.24. The molecule has 0 fully saturated rings. The molecular formula is C13H18N2O. The van der Waals surface area contributed by atoms with Crippen molar-refractivity contribution in [2.75, 3.05) is 12.3 Å².